The van der Waals surface area contributed by atoms with E-state index in [9.17, 15) is 0 Å². The zero-order valence-corrected chi connectivity index (χ0v) is 30.6. The Morgan fingerprint density at radius 3 is 1.61 bits per heavy atom. The molecule has 6 nitrogen and oxygen atoms in total. The van der Waals surface area contributed by atoms with E-state index in [0.29, 0.717) is 12.3 Å². The molecule has 0 bridgehead atoms. The van der Waals surface area contributed by atoms with E-state index < -0.39 is 11.3 Å². The number of amides is 1. The largest absolute Gasteiger partial charge is 0.497 e. The molecule has 2 atom stereocenters. The Morgan fingerprint density at radius 1 is 0.537 bits per heavy atom. The van der Waals surface area contributed by atoms with Crippen molar-refractivity contribution >= 4 is 33.9 Å². The minimum atomic E-state index is -0.908. The highest BCUT2D eigenvalue weighted by Crippen LogP contribution is 2.73. The number of ether oxygens (including phenoxy) is 4. The second kappa shape index (κ2) is 13.2. The second-order valence-electron chi connectivity index (χ2n) is 13.8. The van der Waals surface area contributed by atoms with Crippen LogP contribution in [0.1, 0.15) is 44.9 Å². The van der Waals surface area contributed by atoms with Crippen molar-refractivity contribution in [1.82, 2.24) is 0 Å². The summed E-state index contributed by atoms with van der Waals surface area (Å²) < 4.78 is 22.8. The van der Waals surface area contributed by atoms with Crippen LogP contribution in [0.4, 0.5) is 5.69 Å². The van der Waals surface area contributed by atoms with E-state index in [2.05, 4.69) is 78.9 Å². The van der Waals surface area contributed by atoms with Gasteiger partial charge in [0.15, 0.2) is 0 Å². The molecule has 1 spiro atoms. The maximum Gasteiger partial charge on any atom is 0.236 e. The van der Waals surface area contributed by atoms with Crippen LogP contribution in [0, 0.1) is 0 Å². The van der Waals surface area contributed by atoms with Gasteiger partial charge >= 0.3 is 0 Å². The number of hydrogen-bond acceptors (Lipinski definition) is 5. The van der Waals surface area contributed by atoms with Gasteiger partial charge in [-0.25, -0.2) is 0 Å². The van der Waals surface area contributed by atoms with Crippen LogP contribution in [-0.4, -0.2) is 34.3 Å². The average Bonchev–Trinajstić information content (AvgIpc) is 3.70. The molecule has 6 aromatic rings. The van der Waals surface area contributed by atoms with Gasteiger partial charge in [0.25, 0.3) is 0 Å². The first-order chi connectivity index (χ1) is 26.5. The Kier molecular flexibility index (Phi) is 8.11. The van der Waals surface area contributed by atoms with Crippen LogP contribution in [0.25, 0.3) is 22.3 Å². The first kappa shape index (κ1) is 33.3. The van der Waals surface area contributed by atoms with Crippen LogP contribution in [-0.2, 0) is 16.8 Å². The molecule has 9 rings (SSSR count). The summed E-state index contributed by atoms with van der Waals surface area (Å²) in [5.74, 6) is 2.45. The summed E-state index contributed by atoms with van der Waals surface area (Å²) >= 11 is 0. The highest BCUT2D eigenvalue weighted by Gasteiger charge is 2.65. The molecule has 1 heterocycles. The molecule has 0 saturated carbocycles. The van der Waals surface area contributed by atoms with Gasteiger partial charge in [-0.3, -0.25) is 4.79 Å². The zero-order valence-electron chi connectivity index (χ0n) is 30.6. The highest BCUT2D eigenvalue weighted by molar-refractivity contribution is 6.35. The Labute approximate surface area is 315 Å². The van der Waals surface area contributed by atoms with Crippen molar-refractivity contribution in [3.63, 3.8) is 0 Å². The smallest absolute Gasteiger partial charge is 0.236 e. The molecule has 2 aliphatic carbocycles. The number of para-hydroxylation sites is 1. The van der Waals surface area contributed by atoms with E-state index in [4.69, 9.17) is 18.9 Å². The first-order valence-electron chi connectivity index (χ1n) is 18.1. The summed E-state index contributed by atoms with van der Waals surface area (Å²) in [6.45, 7) is 0.444. The quantitative estimate of drug-likeness (QED) is 0.150. The molecule has 6 heteroatoms. The molecule has 1 aliphatic heterocycles. The van der Waals surface area contributed by atoms with E-state index in [1.807, 2.05) is 71.6 Å². The molecular weight excluding hydrogens is 671 g/mol. The Hall–Kier alpha value is -6.53. The summed E-state index contributed by atoms with van der Waals surface area (Å²) in [5, 5.41) is 0. The molecule has 0 fully saturated rings. The van der Waals surface area contributed by atoms with E-state index >= 15 is 4.79 Å². The second-order valence-corrected chi connectivity index (χ2v) is 13.8. The van der Waals surface area contributed by atoms with Crippen LogP contribution in [0.3, 0.4) is 0 Å². The van der Waals surface area contributed by atoms with Gasteiger partial charge in [-0.05, 0) is 116 Å². The van der Waals surface area contributed by atoms with Gasteiger partial charge in [-0.15, -0.1) is 0 Å². The number of anilines is 1. The van der Waals surface area contributed by atoms with Crippen LogP contribution in [0.5, 0.6) is 23.0 Å². The Bertz CT molecular complexity index is 2420. The number of methoxy groups -OCH3 is 4. The summed E-state index contributed by atoms with van der Waals surface area (Å²) in [6, 6.07) is 49.7. The maximum absolute atomic E-state index is 15.8. The molecule has 0 saturated heterocycles. The van der Waals surface area contributed by atoms with Gasteiger partial charge < -0.3 is 23.8 Å². The third kappa shape index (κ3) is 4.90. The lowest BCUT2D eigenvalue weighted by molar-refractivity contribution is -0.121. The van der Waals surface area contributed by atoms with Crippen molar-refractivity contribution in [2.24, 2.45) is 0 Å². The van der Waals surface area contributed by atoms with E-state index in [1.165, 1.54) is 0 Å². The molecule has 3 aliphatic rings. The number of rotatable bonds is 9. The van der Waals surface area contributed by atoms with E-state index in [1.54, 1.807) is 28.4 Å². The van der Waals surface area contributed by atoms with Gasteiger partial charge in [-0.2, -0.15) is 0 Å². The molecule has 2 unspecified atom stereocenters. The molecular formula is C48H39NO5. The van der Waals surface area contributed by atoms with Crippen LogP contribution in [0.2, 0.25) is 0 Å². The number of benzene rings is 6. The number of hydrogen-bond donors (Lipinski definition) is 0. The molecule has 266 valence electrons. The van der Waals surface area contributed by atoms with Crippen molar-refractivity contribution in [1.29, 1.82) is 0 Å². The minimum absolute atomic E-state index is 0.0399. The van der Waals surface area contributed by atoms with E-state index in [-0.39, 0.29) is 5.91 Å². The highest BCUT2D eigenvalue weighted by atomic mass is 16.5. The molecule has 0 radical (unpaired) electrons. The standard InChI is InChI=1S/C48H39NO5/c1-51-34-20-14-31(15-21-34)42-43(32-16-22-35(52-2)23-17-32)45-38-27-26-37(54-4)28-39(38)46-47(50)49(29-30-10-6-5-7-11-30)41-13-9-8-12-40(41)48(45,46)44(42)33-18-24-36(53-3)25-19-33/h5-28,46H,29H2,1-4H3. The first-order valence-corrected chi connectivity index (χ1v) is 18.1. The molecule has 54 heavy (non-hydrogen) atoms. The van der Waals surface area contributed by atoms with Crippen LogP contribution >= 0.6 is 0 Å². The Morgan fingerprint density at radius 2 is 1.04 bits per heavy atom. The SMILES string of the molecule is COc1ccc(C2=C(c3ccc(OC)cc3)C34C(=C2c2ccc(OC)cc2)c2ccc(OC)cc2C3C(=O)N(Cc2ccccc2)c2ccccc24)cc1. The number of carbonyl (C=O) groups excluding carboxylic acids is 1. The number of fused-ring (bicyclic) bond motifs is 4. The number of allylic oxidation sites excluding steroid dienone is 4. The van der Waals surface area contributed by atoms with Gasteiger partial charge in [0.1, 0.15) is 23.0 Å². The van der Waals surface area contributed by atoms with Crippen molar-refractivity contribution in [3.8, 4) is 23.0 Å². The van der Waals surface area contributed by atoms with Crippen LogP contribution < -0.4 is 23.8 Å². The van der Waals surface area contributed by atoms with Crippen molar-refractivity contribution in [2.75, 3.05) is 33.3 Å². The van der Waals surface area contributed by atoms with Crippen molar-refractivity contribution in [3.05, 3.63) is 185 Å². The number of carbonyl (C=O) groups is 1. The van der Waals surface area contributed by atoms with Gasteiger partial charge in [0.05, 0.1) is 46.3 Å². The monoisotopic (exact) mass is 709 g/mol. The molecule has 0 N–H and O–H groups in total. The molecule has 6 aromatic carbocycles. The third-order valence-electron chi connectivity index (χ3n) is 11.3. The predicted octanol–water partition coefficient (Wildman–Crippen LogP) is 9.84. The lowest BCUT2D eigenvalue weighted by Crippen LogP contribution is -2.48. The normalized spacial score (nSPS) is 18.2. The van der Waals surface area contributed by atoms with Gasteiger partial charge in [-0.1, -0.05) is 91.0 Å². The summed E-state index contributed by atoms with van der Waals surface area (Å²) in [7, 11) is 6.73. The fraction of sp³-hybridized carbons (Fsp3) is 0.146. The van der Waals surface area contributed by atoms with Gasteiger partial charge in [0.2, 0.25) is 5.91 Å². The predicted molar refractivity (Wildman–Crippen MR) is 214 cm³/mol. The lowest BCUT2D eigenvalue weighted by atomic mass is 9.61. The summed E-state index contributed by atoms with van der Waals surface area (Å²) in [5.41, 5.74) is 11.5. The summed E-state index contributed by atoms with van der Waals surface area (Å²) in [4.78, 5) is 17.8. The minimum Gasteiger partial charge on any atom is -0.497 e. The van der Waals surface area contributed by atoms with Crippen LogP contribution in [0.15, 0.2) is 146 Å². The summed E-state index contributed by atoms with van der Waals surface area (Å²) in [6.07, 6.45) is 0. The third-order valence-corrected chi connectivity index (χ3v) is 11.3. The van der Waals surface area contributed by atoms with Crippen molar-refractivity contribution in [2.45, 2.75) is 17.9 Å². The number of nitrogens with zero attached hydrogens (tertiary/aromatic N) is 1. The average molecular weight is 710 g/mol. The zero-order chi connectivity index (χ0) is 37.0. The fourth-order valence-electron chi connectivity index (χ4n) is 8.98. The molecule has 0 aromatic heterocycles. The van der Waals surface area contributed by atoms with Crippen molar-refractivity contribution < 1.29 is 23.7 Å². The Balaban J connectivity index is 1.46. The topological polar surface area (TPSA) is 57.2 Å². The lowest BCUT2D eigenvalue weighted by Gasteiger charge is -2.46. The van der Waals surface area contributed by atoms with E-state index in [0.717, 1.165) is 84.2 Å². The fourth-order valence-corrected chi connectivity index (χ4v) is 8.98. The maximum atomic E-state index is 15.8. The molecule has 1 amide bonds. The van der Waals surface area contributed by atoms with Gasteiger partial charge in [0, 0.05) is 5.69 Å².